The first-order valence-corrected chi connectivity index (χ1v) is 18.4. The second kappa shape index (κ2) is 14.5. The van der Waals surface area contributed by atoms with Crippen molar-refractivity contribution in [3.8, 4) is 23.0 Å². The number of benzene rings is 3. The number of aromatic amines is 1. The molecule has 3 aromatic carbocycles. The summed E-state index contributed by atoms with van der Waals surface area (Å²) in [6, 6.07) is 19.4. The van der Waals surface area contributed by atoms with E-state index < -0.39 is 12.1 Å². The number of H-pyrrole nitrogens is 1. The van der Waals surface area contributed by atoms with Gasteiger partial charge in [0, 0.05) is 41.9 Å². The van der Waals surface area contributed by atoms with Gasteiger partial charge in [-0.15, -0.1) is 0 Å². The van der Waals surface area contributed by atoms with Crippen LogP contribution in [0.15, 0.2) is 66.7 Å². The summed E-state index contributed by atoms with van der Waals surface area (Å²) < 4.78 is 16.7. The van der Waals surface area contributed by atoms with E-state index in [0.717, 1.165) is 58.1 Å². The van der Waals surface area contributed by atoms with Gasteiger partial charge in [0.15, 0.2) is 23.0 Å². The minimum absolute atomic E-state index is 0.0430. The van der Waals surface area contributed by atoms with E-state index in [1.165, 1.54) is 39.7 Å². The number of phenolic OH excluding ortho intramolecular Hbond substituents is 2. The number of aromatic hydroxyl groups is 2. The minimum atomic E-state index is -0.585. The van der Waals surface area contributed by atoms with Crippen molar-refractivity contribution in [3.63, 3.8) is 0 Å². The smallest absolute Gasteiger partial charge is 0.302 e. The van der Waals surface area contributed by atoms with E-state index in [1.807, 2.05) is 30.3 Å². The van der Waals surface area contributed by atoms with E-state index in [-0.39, 0.29) is 41.5 Å². The first kappa shape index (κ1) is 34.7. The molecule has 7 rings (SSSR count). The molecule has 0 saturated heterocycles. The number of allylic oxidation sites excluding steroid dienone is 1. The Kier molecular flexibility index (Phi) is 9.86. The van der Waals surface area contributed by atoms with Gasteiger partial charge in [0.1, 0.15) is 11.9 Å². The molecule has 4 atom stereocenters. The average molecular weight is 692 g/mol. The van der Waals surface area contributed by atoms with Gasteiger partial charge in [-0.3, -0.25) is 9.59 Å². The number of Topliss-reactive ketones (excluding diaryl/α,β-unsaturated/α-hetero) is 1. The molecule has 4 aromatic rings. The summed E-state index contributed by atoms with van der Waals surface area (Å²) in [4.78, 5) is 30.1. The highest BCUT2D eigenvalue weighted by Crippen LogP contribution is 2.58. The first-order valence-electron chi connectivity index (χ1n) is 18.4. The lowest BCUT2D eigenvalue weighted by Gasteiger charge is -2.44. The fourth-order valence-corrected chi connectivity index (χ4v) is 9.46. The molecule has 8 nitrogen and oxygen atoms in total. The number of esters is 1. The SMILES string of the molecule is COc1cc(CCC(CC(=O)CC2c3cc(OC)c(O)cc3C(c3cc4ccccc4[nH]3)=CC3CC4(CCCC4)CCC32)OC(C)=O)ccc1O. The molecular weight excluding hydrogens is 642 g/mol. The zero-order valence-electron chi connectivity index (χ0n) is 29.9. The lowest BCUT2D eigenvalue weighted by Crippen LogP contribution is -2.34. The number of nitrogens with one attached hydrogen (secondary N) is 1. The van der Waals surface area contributed by atoms with E-state index in [1.54, 1.807) is 19.2 Å². The third kappa shape index (κ3) is 7.23. The number of hydrogen-bond acceptors (Lipinski definition) is 7. The fraction of sp³-hybridized carbons (Fsp3) is 0.442. The molecule has 1 aromatic heterocycles. The molecule has 3 aliphatic carbocycles. The van der Waals surface area contributed by atoms with Crippen molar-refractivity contribution in [2.45, 2.75) is 89.6 Å². The molecule has 8 heteroatoms. The summed E-state index contributed by atoms with van der Waals surface area (Å²) in [7, 11) is 3.07. The Hall–Kier alpha value is -4.72. The molecule has 2 fully saturated rings. The van der Waals surface area contributed by atoms with Crippen molar-refractivity contribution in [2.24, 2.45) is 17.3 Å². The van der Waals surface area contributed by atoms with Crippen molar-refractivity contribution in [2.75, 3.05) is 14.2 Å². The monoisotopic (exact) mass is 691 g/mol. The number of aryl methyl sites for hydroxylation is 1. The molecule has 0 aliphatic heterocycles. The Labute approximate surface area is 299 Å². The Balaban J connectivity index is 1.23. The fourth-order valence-electron chi connectivity index (χ4n) is 9.46. The van der Waals surface area contributed by atoms with E-state index in [2.05, 4.69) is 29.3 Å². The second-order valence-corrected chi connectivity index (χ2v) is 15.1. The quantitative estimate of drug-likeness (QED) is 0.134. The Morgan fingerprint density at radius 2 is 1.71 bits per heavy atom. The number of para-hydroxylation sites is 1. The van der Waals surface area contributed by atoms with Gasteiger partial charge in [-0.1, -0.05) is 43.2 Å². The number of ketones is 1. The highest BCUT2D eigenvalue weighted by molar-refractivity contribution is 5.90. The molecule has 1 spiro atoms. The molecule has 51 heavy (non-hydrogen) atoms. The number of ether oxygens (including phenoxy) is 3. The van der Waals surface area contributed by atoms with Gasteiger partial charge in [0.25, 0.3) is 0 Å². The van der Waals surface area contributed by atoms with Gasteiger partial charge in [0.05, 0.1) is 14.2 Å². The molecule has 268 valence electrons. The van der Waals surface area contributed by atoms with E-state index in [0.29, 0.717) is 36.2 Å². The predicted molar refractivity (Wildman–Crippen MR) is 197 cm³/mol. The first-order chi connectivity index (χ1) is 24.6. The maximum Gasteiger partial charge on any atom is 0.302 e. The van der Waals surface area contributed by atoms with Crippen molar-refractivity contribution >= 4 is 28.2 Å². The number of phenols is 2. The molecule has 0 amide bonds. The van der Waals surface area contributed by atoms with Gasteiger partial charge >= 0.3 is 5.97 Å². The maximum absolute atomic E-state index is 14.2. The van der Waals surface area contributed by atoms with Crippen LogP contribution in [-0.4, -0.2) is 47.3 Å². The molecule has 0 radical (unpaired) electrons. The minimum Gasteiger partial charge on any atom is -0.504 e. The third-order valence-corrected chi connectivity index (χ3v) is 11.9. The van der Waals surface area contributed by atoms with Crippen molar-refractivity contribution in [3.05, 3.63) is 89.1 Å². The van der Waals surface area contributed by atoms with Gasteiger partial charge in [-0.05, 0) is 121 Å². The lowest BCUT2D eigenvalue weighted by molar-refractivity contribution is -0.147. The van der Waals surface area contributed by atoms with E-state index in [4.69, 9.17) is 14.2 Å². The number of methoxy groups -OCH3 is 2. The molecular formula is C43H49NO7. The predicted octanol–water partition coefficient (Wildman–Crippen LogP) is 9.02. The zero-order chi connectivity index (χ0) is 35.7. The largest absolute Gasteiger partial charge is 0.504 e. The maximum atomic E-state index is 14.2. The van der Waals surface area contributed by atoms with Crippen LogP contribution in [0.25, 0.3) is 16.5 Å². The van der Waals surface area contributed by atoms with Gasteiger partial charge in [-0.2, -0.15) is 0 Å². The topological polar surface area (TPSA) is 118 Å². The summed E-state index contributed by atoms with van der Waals surface area (Å²) in [5.74, 6) is 0.901. The number of fused-ring (bicyclic) bond motifs is 3. The van der Waals surface area contributed by atoms with Crippen LogP contribution in [0.5, 0.6) is 23.0 Å². The molecule has 0 bridgehead atoms. The van der Waals surface area contributed by atoms with Crippen LogP contribution in [0.3, 0.4) is 0 Å². The summed E-state index contributed by atoms with van der Waals surface area (Å²) >= 11 is 0. The zero-order valence-corrected chi connectivity index (χ0v) is 29.9. The molecule has 3 aliphatic rings. The number of rotatable bonds is 11. The van der Waals surface area contributed by atoms with Crippen LogP contribution in [0.4, 0.5) is 0 Å². The van der Waals surface area contributed by atoms with Crippen LogP contribution in [0, 0.1) is 17.3 Å². The van der Waals surface area contributed by atoms with Crippen LogP contribution >= 0.6 is 0 Å². The third-order valence-electron chi connectivity index (χ3n) is 11.9. The number of hydrogen-bond donors (Lipinski definition) is 3. The molecule has 1 heterocycles. The molecule has 4 unspecified atom stereocenters. The van der Waals surface area contributed by atoms with Crippen LogP contribution in [-0.2, 0) is 20.7 Å². The van der Waals surface area contributed by atoms with Crippen molar-refractivity contribution in [1.82, 2.24) is 4.98 Å². The summed E-state index contributed by atoms with van der Waals surface area (Å²) in [5, 5.41) is 22.3. The Morgan fingerprint density at radius 1 is 0.941 bits per heavy atom. The van der Waals surface area contributed by atoms with Crippen LogP contribution < -0.4 is 9.47 Å². The summed E-state index contributed by atoms with van der Waals surface area (Å²) in [5.41, 5.74) is 6.30. The van der Waals surface area contributed by atoms with Crippen LogP contribution in [0.2, 0.25) is 0 Å². The lowest BCUT2D eigenvalue weighted by atomic mass is 9.60. The number of carbonyl (C=O) groups is 2. The highest BCUT2D eigenvalue weighted by Gasteiger charge is 2.46. The number of carbonyl (C=O) groups excluding carboxylic acids is 2. The van der Waals surface area contributed by atoms with Crippen LogP contribution in [0.1, 0.15) is 99.4 Å². The summed E-state index contributed by atoms with van der Waals surface area (Å²) in [6.45, 7) is 1.38. The molecule has 2 saturated carbocycles. The number of aromatic nitrogens is 1. The van der Waals surface area contributed by atoms with E-state index in [9.17, 15) is 19.8 Å². The van der Waals surface area contributed by atoms with E-state index >= 15 is 0 Å². The van der Waals surface area contributed by atoms with Crippen molar-refractivity contribution < 1.29 is 34.0 Å². The van der Waals surface area contributed by atoms with Gasteiger partial charge < -0.3 is 29.4 Å². The Bertz CT molecular complexity index is 1920. The van der Waals surface area contributed by atoms with Gasteiger partial charge in [-0.25, -0.2) is 0 Å². The normalized spacial score (nSPS) is 21.3. The molecule has 3 N–H and O–H groups in total. The van der Waals surface area contributed by atoms with Crippen molar-refractivity contribution in [1.29, 1.82) is 0 Å². The second-order valence-electron chi connectivity index (χ2n) is 15.1. The summed E-state index contributed by atoms with van der Waals surface area (Å²) in [6.07, 6.45) is 11.6. The highest BCUT2D eigenvalue weighted by atomic mass is 16.5. The Morgan fingerprint density at radius 3 is 2.45 bits per heavy atom. The average Bonchev–Trinajstić information content (AvgIpc) is 3.73. The standard InChI is InChI=1S/C43H49NO7/c1-26(45)51-31(12-10-27-11-13-39(47)41(18-27)49-2)21-30(46)22-33-32-14-17-43(15-6-7-16-43)25-29(32)19-36(34-23-40(48)42(50-3)24-35(33)34)38-20-28-8-4-5-9-37(28)44-38/h4-5,8-9,11,13,18-20,23-24,29,31-33,44,47-48H,6-7,10,12,14-17,21-22,25H2,1-3H3. The van der Waals surface area contributed by atoms with Gasteiger partial charge in [0.2, 0.25) is 0 Å².